The fourth-order valence-corrected chi connectivity index (χ4v) is 5.61. The lowest BCUT2D eigenvalue weighted by Gasteiger charge is -2.25. The van der Waals surface area contributed by atoms with Crippen molar-refractivity contribution in [1.82, 2.24) is 9.78 Å². The zero-order chi connectivity index (χ0) is 24.2. The maximum absolute atomic E-state index is 5.83. The van der Waals surface area contributed by atoms with E-state index in [1.807, 2.05) is 36.6 Å². The van der Waals surface area contributed by atoms with E-state index in [0.717, 1.165) is 30.8 Å². The molecule has 7 nitrogen and oxygen atoms in total. The van der Waals surface area contributed by atoms with Crippen LogP contribution in [0.3, 0.4) is 0 Å². The van der Waals surface area contributed by atoms with E-state index in [1.54, 1.807) is 21.3 Å². The van der Waals surface area contributed by atoms with Gasteiger partial charge in [-0.1, -0.05) is 0 Å². The summed E-state index contributed by atoms with van der Waals surface area (Å²) in [6, 6.07) is 10.5. The summed E-state index contributed by atoms with van der Waals surface area (Å²) in [6.07, 6.45) is 2.93. The van der Waals surface area contributed by atoms with Gasteiger partial charge in [0.05, 0.1) is 39.8 Å². The third-order valence-corrected chi connectivity index (χ3v) is 7.64. The molecule has 34 heavy (non-hydrogen) atoms. The van der Waals surface area contributed by atoms with Crippen molar-refractivity contribution in [2.75, 3.05) is 39.4 Å². The summed E-state index contributed by atoms with van der Waals surface area (Å²) >= 11 is 1.85. The number of thioether (sulfide) groups is 1. The predicted octanol–water partition coefficient (Wildman–Crippen LogP) is 5.40. The molecule has 1 atom stereocenters. The summed E-state index contributed by atoms with van der Waals surface area (Å²) in [5, 5.41) is 4.65. The predicted molar refractivity (Wildman–Crippen MR) is 136 cm³/mol. The molecule has 0 spiro atoms. The Bertz CT molecular complexity index is 1120. The summed E-state index contributed by atoms with van der Waals surface area (Å²) in [5.74, 6) is 2.84. The Hall–Kier alpha value is -3.00. The third kappa shape index (κ3) is 4.78. The third-order valence-electron chi connectivity index (χ3n) is 6.27. The monoisotopic (exact) mass is 483 g/mol. The second kappa shape index (κ2) is 10.5. The lowest BCUT2D eigenvalue weighted by Crippen LogP contribution is -2.24. The average Bonchev–Trinajstić information content (AvgIpc) is 3.05. The smallest absolute Gasteiger partial charge is 0.203 e. The Morgan fingerprint density at radius 2 is 1.79 bits per heavy atom. The van der Waals surface area contributed by atoms with Gasteiger partial charge in [0.1, 0.15) is 5.75 Å². The SMILES string of the molecule is CCOc1ccc2c(c1)SC(c1cc(OC)c(OC)c(OC)c1)CCN2Cc1cnn(C)c1C. The van der Waals surface area contributed by atoms with E-state index in [0.29, 0.717) is 23.9 Å². The van der Waals surface area contributed by atoms with Crippen LogP contribution in [0.15, 0.2) is 41.4 Å². The van der Waals surface area contributed by atoms with Gasteiger partial charge in [-0.15, -0.1) is 11.8 Å². The van der Waals surface area contributed by atoms with Crippen molar-refractivity contribution in [3.63, 3.8) is 0 Å². The van der Waals surface area contributed by atoms with Crippen LogP contribution >= 0.6 is 11.8 Å². The van der Waals surface area contributed by atoms with Crippen molar-refractivity contribution >= 4 is 17.4 Å². The highest BCUT2D eigenvalue weighted by molar-refractivity contribution is 7.99. The van der Waals surface area contributed by atoms with Crippen molar-refractivity contribution in [2.45, 2.75) is 37.0 Å². The van der Waals surface area contributed by atoms with Gasteiger partial charge in [0, 0.05) is 41.5 Å². The lowest BCUT2D eigenvalue weighted by molar-refractivity contribution is 0.323. The molecule has 1 unspecified atom stereocenters. The molecular weight excluding hydrogens is 450 g/mol. The fraction of sp³-hybridized carbons (Fsp3) is 0.423. The van der Waals surface area contributed by atoms with E-state index >= 15 is 0 Å². The summed E-state index contributed by atoms with van der Waals surface area (Å²) in [4.78, 5) is 3.64. The molecule has 3 aromatic rings. The van der Waals surface area contributed by atoms with Crippen LogP contribution in [0.1, 0.15) is 35.4 Å². The summed E-state index contributed by atoms with van der Waals surface area (Å²) in [5.41, 5.74) is 4.78. The number of anilines is 1. The number of benzene rings is 2. The minimum Gasteiger partial charge on any atom is -0.494 e. The molecule has 8 heteroatoms. The van der Waals surface area contributed by atoms with Crippen molar-refractivity contribution in [3.8, 4) is 23.0 Å². The van der Waals surface area contributed by atoms with E-state index in [9.17, 15) is 0 Å². The number of rotatable bonds is 8. The molecule has 0 N–H and O–H groups in total. The quantitative estimate of drug-likeness (QED) is 0.425. The van der Waals surface area contributed by atoms with Crippen LogP contribution in [-0.2, 0) is 13.6 Å². The molecule has 0 bridgehead atoms. The second-order valence-electron chi connectivity index (χ2n) is 8.22. The van der Waals surface area contributed by atoms with E-state index in [2.05, 4.69) is 47.3 Å². The standard InChI is InChI=1S/C26H33N3O4S/c1-7-33-20-8-9-21-25(14-20)34-24(10-11-29(21)16-19-15-27-28(3)17(19)2)18-12-22(30-4)26(32-6)23(13-18)31-5/h8-9,12-15,24H,7,10-11,16H2,1-6H3. The van der Waals surface area contributed by atoms with Crippen LogP contribution in [0.4, 0.5) is 5.69 Å². The van der Waals surface area contributed by atoms with E-state index in [-0.39, 0.29) is 5.25 Å². The number of aromatic nitrogens is 2. The second-order valence-corrected chi connectivity index (χ2v) is 9.46. The van der Waals surface area contributed by atoms with E-state index < -0.39 is 0 Å². The molecule has 1 aliphatic rings. The normalized spacial score (nSPS) is 15.5. The van der Waals surface area contributed by atoms with Gasteiger partial charge in [0.25, 0.3) is 0 Å². The topological polar surface area (TPSA) is 58.0 Å². The van der Waals surface area contributed by atoms with E-state index in [4.69, 9.17) is 18.9 Å². The van der Waals surface area contributed by atoms with Crippen LogP contribution in [0.2, 0.25) is 0 Å². The molecule has 2 aromatic carbocycles. The van der Waals surface area contributed by atoms with Crippen LogP contribution in [0.5, 0.6) is 23.0 Å². The average molecular weight is 484 g/mol. The molecule has 0 saturated heterocycles. The van der Waals surface area contributed by atoms with Gasteiger partial charge in [0.15, 0.2) is 11.5 Å². The molecule has 0 fully saturated rings. The molecular formula is C26H33N3O4S. The molecule has 1 aromatic heterocycles. The maximum atomic E-state index is 5.83. The van der Waals surface area contributed by atoms with Crippen molar-refractivity contribution < 1.29 is 18.9 Å². The number of hydrogen-bond acceptors (Lipinski definition) is 7. The van der Waals surface area contributed by atoms with Gasteiger partial charge in [-0.2, -0.15) is 5.10 Å². The van der Waals surface area contributed by atoms with Gasteiger partial charge in [0.2, 0.25) is 5.75 Å². The van der Waals surface area contributed by atoms with Crippen LogP contribution < -0.4 is 23.8 Å². The van der Waals surface area contributed by atoms with Gasteiger partial charge in [-0.3, -0.25) is 4.68 Å². The first-order chi connectivity index (χ1) is 16.5. The highest BCUT2D eigenvalue weighted by Gasteiger charge is 2.27. The number of ether oxygens (including phenoxy) is 4. The van der Waals surface area contributed by atoms with Gasteiger partial charge < -0.3 is 23.8 Å². The number of aryl methyl sites for hydroxylation is 1. The number of fused-ring (bicyclic) bond motifs is 1. The van der Waals surface area contributed by atoms with Crippen molar-refractivity contribution in [2.24, 2.45) is 7.05 Å². The zero-order valence-corrected chi connectivity index (χ0v) is 21.6. The van der Waals surface area contributed by atoms with Gasteiger partial charge in [-0.05, 0) is 56.2 Å². The van der Waals surface area contributed by atoms with Crippen LogP contribution in [-0.4, -0.2) is 44.3 Å². The highest BCUT2D eigenvalue weighted by Crippen LogP contribution is 2.49. The molecule has 0 saturated carbocycles. The van der Waals surface area contributed by atoms with Gasteiger partial charge >= 0.3 is 0 Å². The van der Waals surface area contributed by atoms with Crippen LogP contribution in [0.25, 0.3) is 0 Å². The minimum atomic E-state index is 0.212. The molecule has 182 valence electrons. The number of nitrogens with zero attached hydrogens (tertiary/aromatic N) is 3. The molecule has 2 heterocycles. The Balaban J connectivity index is 1.73. The van der Waals surface area contributed by atoms with Crippen molar-refractivity contribution in [1.29, 1.82) is 0 Å². The summed E-state index contributed by atoms with van der Waals surface area (Å²) < 4.78 is 24.5. The molecule has 0 amide bonds. The highest BCUT2D eigenvalue weighted by atomic mass is 32.2. The first-order valence-electron chi connectivity index (χ1n) is 11.4. The summed E-state index contributed by atoms with van der Waals surface area (Å²) in [6.45, 7) is 6.48. The number of hydrogen-bond donors (Lipinski definition) is 0. The van der Waals surface area contributed by atoms with Crippen LogP contribution in [0, 0.1) is 6.92 Å². The lowest BCUT2D eigenvalue weighted by atomic mass is 10.1. The minimum absolute atomic E-state index is 0.212. The zero-order valence-electron chi connectivity index (χ0n) is 20.8. The Morgan fingerprint density at radius 3 is 2.38 bits per heavy atom. The largest absolute Gasteiger partial charge is 0.494 e. The van der Waals surface area contributed by atoms with Crippen molar-refractivity contribution in [3.05, 3.63) is 53.3 Å². The van der Waals surface area contributed by atoms with Gasteiger partial charge in [-0.25, -0.2) is 0 Å². The Morgan fingerprint density at radius 1 is 1.06 bits per heavy atom. The number of methoxy groups -OCH3 is 3. The Labute approximate surface area is 205 Å². The molecule has 4 rings (SSSR count). The maximum Gasteiger partial charge on any atom is 0.203 e. The fourth-order valence-electron chi connectivity index (χ4n) is 4.30. The first kappa shape index (κ1) is 24.1. The van der Waals surface area contributed by atoms with E-state index in [1.165, 1.54) is 21.8 Å². The Kier molecular flexibility index (Phi) is 7.46. The molecule has 0 radical (unpaired) electrons. The summed E-state index contributed by atoms with van der Waals surface area (Å²) in [7, 11) is 6.93. The molecule has 0 aliphatic carbocycles. The first-order valence-corrected chi connectivity index (χ1v) is 12.3. The molecule has 1 aliphatic heterocycles.